The molecular formula is C28H25NO7. The van der Waals surface area contributed by atoms with Gasteiger partial charge in [0.2, 0.25) is 0 Å². The van der Waals surface area contributed by atoms with Gasteiger partial charge in [0.1, 0.15) is 11.5 Å². The maximum absolute atomic E-state index is 13.9. The first-order chi connectivity index (χ1) is 17.3. The van der Waals surface area contributed by atoms with Crippen LogP contribution in [-0.2, 0) is 22.6 Å². The van der Waals surface area contributed by atoms with E-state index in [-0.39, 0.29) is 23.6 Å². The molecule has 36 heavy (non-hydrogen) atoms. The largest absolute Gasteiger partial charge is 0.482 e. The van der Waals surface area contributed by atoms with Crippen LogP contribution in [0.25, 0.3) is 10.9 Å². The lowest BCUT2D eigenvalue weighted by Gasteiger charge is -2.20. The van der Waals surface area contributed by atoms with Crippen LogP contribution in [0.4, 0.5) is 0 Å². The lowest BCUT2D eigenvalue weighted by molar-refractivity contribution is -0.140. The minimum atomic E-state index is -1.17. The highest BCUT2D eigenvalue weighted by Crippen LogP contribution is 2.35. The van der Waals surface area contributed by atoms with Crippen LogP contribution < -0.4 is 15.0 Å². The average Bonchev–Trinajstić information content (AvgIpc) is 2.87. The van der Waals surface area contributed by atoms with E-state index in [0.717, 1.165) is 11.1 Å². The van der Waals surface area contributed by atoms with E-state index < -0.39 is 25.2 Å². The van der Waals surface area contributed by atoms with Crippen LogP contribution in [-0.4, -0.2) is 39.9 Å². The van der Waals surface area contributed by atoms with E-state index >= 15 is 0 Å². The number of fused-ring (bicyclic) bond motifs is 1. The Labute approximate surface area is 207 Å². The molecule has 0 aliphatic rings. The molecule has 0 atom stereocenters. The number of pyridine rings is 1. The maximum atomic E-state index is 13.9. The molecule has 0 aliphatic carbocycles. The Balaban J connectivity index is 1.98. The number of ether oxygens (including phenoxy) is 2. The van der Waals surface area contributed by atoms with Crippen molar-refractivity contribution in [1.29, 1.82) is 0 Å². The predicted octanol–water partition coefficient (Wildman–Crippen LogP) is 3.88. The Hall–Kier alpha value is -4.59. The van der Waals surface area contributed by atoms with Gasteiger partial charge >= 0.3 is 11.9 Å². The number of benzene rings is 3. The molecule has 4 rings (SSSR count). The number of hydrogen-bond donors (Lipinski definition) is 2. The zero-order valence-corrected chi connectivity index (χ0v) is 19.6. The lowest BCUT2D eigenvalue weighted by Crippen LogP contribution is -2.27. The van der Waals surface area contributed by atoms with Crippen LogP contribution in [0.3, 0.4) is 0 Å². The molecule has 1 heterocycles. The summed E-state index contributed by atoms with van der Waals surface area (Å²) in [5, 5.41) is 18.8. The Morgan fingerprint density at radius 3 is 2.03 bits per heavy atom. The van der Waals surface area contributed by atoms with Gasteiger partial charge in [0.15, 0.2) is 13.2 Å². The molecule has 0 saturated carbocycles. The summed E-state index contributed by atoms with van der Waals surface area (Å²) in [6.45, 7) is 0.847. The number of aromatic nitrogens is 1. The van der Waals surface area contributed by atoms with Crippen LogP contribution in [0.1, 0.15) is 22.3 Å². The quantitative estimate of drug-likeness (QED) is 0.349. The monoisotopic (exact) mass is 487 g/mol. The summed E-state index contributed by atoms with van der Waals surface area (Å²) >= 11 is 0. The second kappa shape index (κ2) is 10.8. The van der Waals surface area contributed by atoms with Crippen molar-refractivity contribution < 1.29 is 29.3 Å². The summed E-state index contributed by atoms with van der Waals surface area (Å²) in [6.07, 6.45) is 0.381. The number of aliphatic carboxylic acids is 2. The summed E-state index contributed by atoms with van der Waals surface area (Å²) < 4.78 is 12.6. The molecule has 0 amide bonds. The van der Waals surface area contributed by atoms with Crippen molar-refractivity contribution >= 4 is 22.8 Å². The van der Waals surface area contributed by atoms with E-state index in [1.165, 1.54) is 6.07 Å². The fourth-order valence-corrected chi connectivity index (χ4v) is 4.16. The second-order valence-corrected chi connectivity index (χ2v) is 8.32. The lowest BCUT2D eigenvalue weighted by atomic mass is 9.97. The van der Waals surface area contributed by atoms with Gasteiger partial charge in [0.25, 0.3) is 5.56 Å². The summed E-state index contributed by atoms with van der Waals surface area (Å²) in [7, 11) is 0. The number of carbonyl (C=O) groups is 2. The van der Waals surface area contributed by atoms with Crippen molar-refractivity contribution in [3.05, 3.63) is 105 Å². The molecule has 0 aliphatic heterocycles. The molecule has 0 fully saturated rings. The number of aryl methyl sites for hydroxylation is 1. The Morgan fingerprint density at radius 2 is 1.42 bits per heavy atom. The molecule has 0 bridgehead atoms. The standard InChI is InChI=1S/C28H25NO7/c1-18-22(12-19-8-4-2-5-9-19)28(34)29(15-20-10-6-3-7-11-20)23-13-21(35-16-25(30)31)14-24(27(18)23)36-17-26(32)33/h2-11,13-14H,12,15-17H2,1H3,(H,30,31)(H,32,33). The molecule has 3 aromatic carbocycles. The number of hydrogen-bond acceptors (Lipinski definition) is 5. The topological polar surface area (TPSA) is 115 Å². The summed E-state index contributed by atoms with van der Waals surface area (Å²) in [5.41, 5.74) is 3.32. The Morgan fingerprint density at radius 1 is 0.833 bits per heavy atom. The van der Waals surface area contributed by atoms with Gasteiger partial charge in [0.05, 0.1) is 12.1 Å². The van der Waals surface area contributed by atoms with Crippen molar-refractivity contribution in [3.8, 4) is 11.5 Å². The molecule has 8 nitrogen and oxygen atoms in total. The van der Waals surface area contributed by atoms with Gasteiger partial charge in [0, 0.05) is 29.5 Å². The van der Waals surface area contributed by atoms with Crippen molar-refractivity contribution in [3.63, 3.8) is 0 Å². The van der Waals surface area contributed by atoms with Gasteiger partial charge in [-0.3, -0.25) is 4.79 Å². The normalized spacial score (nSPS) is 10.8. The number of carboxylic acid groups (broad SMARTS) is 2. The zero-order valence-electron chi connectivity index (χ0n) is 19.6. The van der Waals surface area contributed by atoms with E-state index in [1.807, 2.05) is 60.7 Å². The third-order valence-electron chi connectivity index (χ3n) is 5.80. The molecule has 0 saturated heterocycles. The highest BCUT2D eigenvalue weighted by atomic mass is 16.5. The summed E-state index contributed by atoms with van der Waals surface area (Å²) in [6, 6.07) is 22.1. The van der Waals surface area contributed by atoms with Gasteiger partial charge < -0.3 is 24.3 Å². The fraction of sp³-hybridized carbons (Fsp3) is 0.179. The number of rotatable bonds is 10. The molecular weight excluding hydrogens is 462 g/mol. The molecule has 4 aromatic rings. The summed E-state index contributed by atoms with van der Waals surface area (Å²) in [4.78, 5) is 36.2. The second-order valence-electron chi connectivity index (χ2n) is 8.32. The number of carboxylic acids is 2. The van der Waals surface area contributed by atoms with Gasteiger partial charge in [-0.25, -0.2) is 9.59 Å². The minimum absolute atomic E-state index is 0.154. The Kier molecular flexibility index (Phi) is 7.34. The van der Waals surface area contributed by atoms with Gasteiger partial charge in [-0.05, 0) is 23.6 Å². The summed E-state index contributed by atoms with van der Waals surface area (Å²) in [5.74, 6) is -1.98. The first-order valence-corrected chi connectivity index (χ1v) is 11.3. The molecule has 0 spiro atoms. The first kappa shape index (κ1) is 24.5. The van der Waals surface area contributed by atoms with E-state index in [1.54, 1.807) is 17.6 Å². The van der Waals surface area contributed by atoms with Crippen molar-refractivity contribution in [2.75, 3.05) is 13.2 Å². The van der Waals surface area contributed by atoms with E-state index in [4.69, 9.17) is 14.6 Å². The number of nitrogens with zero attached hydrogens (tertiary/aromatic N) is 1. The maximum Gasteiger partial charge on any atom is 0.341 e. The van der Waals surface area contributed by atoms with Crippen LogP contribution in [0, 0.1) is 6.92 Å². The van der Waals surface area contributed by atoms with Crippen LogP contribution in [0.2, 0.25) is 0 Å². The van der Waals surface area contributed by atoms with Crippen molar-refractivity contribution in [2.24, 2.45) is 0 Å². The fourth-order valence-electron chi connectivity index (χ4n) is 4.16. The van der Waals surface area contributed by atoms with E-state index in [2.05, 4.69) is 0 Å². The van der Waals surface area contributed by atoms with Crippen molar-refractivity contribution in [2.45, 2.75) is 19.9 Å². The van der Waals surface area contributed by atoms with Gasteiger partial charge in [-0.1, -0.05) is 60.7 Å². The zero-order chi connectivity index (χ0) is 25.7. The minimum Gasteiger partial charge on any atom is -0.482 e. The molecule has 0 radical (unpaired) electrons. The predicted molar refractivity (Wildman–Crippen MR) is 134 cm³/mol. The van der Waals surface area contributed by atoms with E-state index in [9.17, 15) is 19.5 Å². The SMILES string of the molecule is Cc1c(Cc2ccccc2)c(=O)n(Cc2ccccc2)c2cc(OCC(=O)O)cc(OCC(=O)O)c12. The highest BCUT2D eigenvalue weighted by molar-refractivity contribution is 5.91. The Bertz CT molecular complexity index is 1460. The third kappa shape index (κ3) is 5.55. The first-order valence-electron chi connectivity index (χ1n) is 11.3. The smallest absolute Gasteiger partial charge is 0.341 e. The van der Waals surface area contributed by atoms with Gasteiger partial charge in [-0.15, -0.1) is 0 Å². The van der Waals surface area contributed by atoms with Crippen LogP contribution in [0.5, 0.6) is 11.5 Å². The van der Waals surface area contributed by atoms with Gasteiger partial charge in [-0.2, -0.15) is 0 Å². The molecule has 2 N–H and O–H groups in total. The molecule has 1 aromatic heterocycles. The average molecular weight is 488 g/mol. The molecule has 0 unspecified atom stereocenters. The van der Waals surface area contributed by atoms with Crippen LogP contribution >= 0.6 is 0 Å². The van der Waals surface area contributed by atoms with E-state index in [0.29, 0.717) is 28.5 Å². The molecule has 8 heteroatoms. The molecule has 184 valence electrons. The highest BCUT2D eigenvalue weighted by Gasteiger charge is 2.20. The van der Waals surface area contributed by atoms with Crippen molar-refractivity contribution in [1.82, 2.24) is 4.57 Å². The van der Waals surface area contributed by atoms with Crippen LogP contribution in [0.15, 0.2) is 77.6 Å². The third-order valence-corrected chi connectivity index (χ3v) is 5.80.